The van der Waals surface area contributed by atoms with E-state index < -0.39 is 8.32 Å². The molecule has 0 unspecified atom stereocenters. The van der Waals surface area contributed by atoms with E-state index in [1.807, 2.05) is 5.92 Å². The van der Waals surface area contributed by atoms with Crippen LogP contribution in [-0.2, 0) is 4.43 Å². The first-order valence-electron chi connectivity index (χ1n) is 6.11. The lowest BCUT2D eigenvalue weighted by molar-refractivity contribution is 0.327. The zero-order chi connectivity index (χ0) is 10.4. The highest BCUT2D eigenvalue weighted by Gasteiger charge is 2.24. The second-order valence-electron chi connectivity index (χ2n) is 5.00. The molecule has 0 aliphatic heterocycles. The molecule has 0 N–H and O–H groups in total. The number of hydrogen-bond donors (Lipinski definition) is 0. The molecule has 0 saturated heterocycles. The second kappa shape index (κ2) is 5.91. The van der Waals surface area contributed by atoms with E-state index in [0.717, 1.165) is 6.61 Å². The largest absolute Gasteiger partial charge is 0.418 e. The van der Waals surface area contributed by atoms with Crippen LogP contribution in [0, 0.1) is 5.92 Å². The molecular weight excluding hydrogens is 188 g/mol. The lowest BCUT2D eigenvalue weighted by Gasteiger charge is -2.26. The van der Waals surface area contributed by atoms with Crippen molar-refractivity contribution >= 4 is 8.32 Å². The van der Waals surface area contributed by atoms with Gasteiger partial charge in [-0.1, -0.05) is 19.3 Å². The minimum absolute atomic E-state index is 0.897. The van der Waals surface area contributed by atoms with Gasteiger partial charge in [0.1, 0.15) is 0 Å². The van der Waals surface area contributed by atoms with Crippen LogP contribution in [0.5, 0.6) is 0 Å². The van der Waals surface area contributed by atoms with Gasteiger partial charge in [0.25, 0.3) is 0 Å². The van der Waals surface area contributed by atoms with Crippen molar-refractivity contribution in [1.29, 1.82) is 0 Å². The third-order valence-corrected chi connectivity index (χ3v) is 5.70. The van der Waals surface area contributed by atoms with Crippen LogP contribution in [0.15, 0.2) is 0 Å². The van der Waals surface area contributed by atoms with Gasteiger partial charge in [0.15, 0.2) is 8.32 Å². The highest BCUT2D eigenvalue weighted by molar-refractivity contribution is 6.71. The van der Waals surface area contributed by atoms with Gasteiger partial charge in [-0.3, -0.25) is 0 Å². The Bertz CT molecular complexity index is 150. The van der Waals surface area contributed by atoms with Crippen molar-refractivity contribution in [3.8, 4) is 0 Å². The summed E-state index contributed by atoms with van der Waals surface area (Å²) in [6.45, 7) is 7.71. The second-order valence-corrected chi connectivity index (χ2v) is 9.31. The molecular formula is C12H25OSi. The molecule has 1 nitrogen and oxygen atoms in total. The maximum absolute atomic E-state index is 5.85. The van der Waals surface area contributed by atoms with Gasteiger partial charge in [-0.15, -0.1) is 0 Å². The fraction of sp³-hybridized carbons (Fsp3) is 0.917. The van der Waals surface area contributed by atoms with Crippen molar-refractivity contribution in [2.24, 2.45) is 0 Å². The summed E-state index contributed by atoms with van der Waals surface area (Å²) in [7, 11) is -1.31. The first-order chi connectivity index (χ1) is 6.64. The van der Waals surface area contributed by atoms with E-state index in [9.17, 15) is 0 Å². The zero-order valence-electron chi connectivity index (χ0n) is 10.1. The monoisotopic (exact) mass is 213 g/mol. The number of rotatable bonds is 5. The lowest BCUT2D eigenvalue weighted by atomic mass is 9.88. The summed E-state index contributed by atoms with van der Waals surface area (Å²) in [6, 6.07) is 1.33. The van der Waals surface area contributed by atoms with E-state index in [4.69, 9.17) is 4.43 Å². The Hall–Kier alpha value is 0.177. The fourth-order valence-electron chi connectivity index (χ4n) is 2.24. The van der Waals surface area contributed by atoms with Gasteiger partial charge in [0, 0.05) is 6.61 Å². The molecule has 0 spiro atoms. The molecule has 1 rings (SSSR count). The Kier molecular flexibility index (Phi) is 5.17. The summed E-state index contributed by atoms with van der Waals surface area (Å²) in [5.74, 6) is 1.82. The van der Waals surface area contributed by atoms with Crippen LogP contribution in [0.2, 0.25) is 19.1 Å². The van der Waals surface area contributed by atoms with Crippen molar-refractivity contribution in [3.63, 3.8) is 0 Å². The van der Waals surface area contributed by atoms with Gasteiger partial charge in [-0.25, -0.2) is 0 Å². The van der Waals surface area contributed by atoms with E-state index in [1.165, 1.54) is 44.6 Å². The van der Waals surface area contributed by atoms with Gasteiger partial charge in [0.2, 0.25) is 0 Å². The van der Waals surface area contributed by atoms with Crippen LogP contribution in [0.25, 0.3) is 0 Å². The molecule has 0 atom stereocenters. The van der Waals surface area contributed by atoms with E-state index >= 15 is 0 Å². The first kappa shape index (κ1) is 12.2. The highest BCUT2D eigenvalue weighted by Crippen LogP contribution is 2.31. The molecule has 0 heterocycles. The Labute approximate surface area is 90.4 Å². The third kappa shape index (κ3) is 4.60. The molecule has 1 saturated carbocycles. The van der Waals surface area contributed by atoms with E-state index in [1.54, 1.807) is 0 Å². The van der Waals surface area contributed by atoms with Crippen LogP contribution in [0.1, 0.15) is 45.4 Å². The summed E-state index contributed by atoms with van der Waals surface area (Å²) >= 11 is 0. The van der Waals surface area contributed by atoms with Gasteiger partial charge < -0.3 is 4.43 Å². The Balaban J connectivity index is 2.17. The molecule has 1 fully saturated rings. The Morgan fingerprint density at radius 2 is 1.79 bits per heavy atom. The summed E-state index contributed by atoms with van der Waals surface area (Å²) in [6.07, 6.45) is 8.47. The average Bonchev–Trinajstić information content (AvgIpc) is 2.17. The summed E-state index contributed by atoms with van der Waals surface area (Å²) in [5, 5.41) is 0. The highest BCUT2D eigenvalue weighted by atomic mass is 28.4. The minimum Gasteiger partial charge on any atom is -0.418 e. The van der Waals surface area contributed by atoms with Crippen LogP contribution in [0.4, 0.5) is 0 Å². The topological polar surface area (TPSA) is 9.23 Å². The molecule has 0 bridgehead atoms. The van der Waals surface area contributed by atoms with Crippen LogP contribution < -0.4 is 0 Å². The molecule has 1 radical (unpaired) electrons. The maximum atomic E-state index is 5.85. The van der Waals surface area contributed by atoms with Crippen LogP contribution >= 0.6 is 0 Å². The van der Waals surface area contributed by atoms with Crippen molar-refractivity contribution in [1.82, 2.24) is 0 Å². The zero-order valence-corrected chi connectivity index (χ0v) is 11.1. The SMILES string of the molecule is CCO[Si](C)(C)CC[C]1CCCCC1. The van der Waals surface area contributed by atoms with Gasteiger partial charge >= 0.3 is 0 Å². The number of hydrogen-bond acceptors (Lipinski definition) is 1. The van der Waals surface area contributed by atoms with Gasteiger partial charge in [-0.2, -0.15) is 0 Å². The predicted molar refractivity (Wildman–Crippen MR) is 64.9 cm³/mol. The summed E-state index contributed by atoms with van der Waals surface area (Å²) in [5.41, 5.74) is 0. The normalized spacial score (nSPS) is 19.9. The molecule has 0 amide bonds. The smallest absolute Gasteiger partial charge is 0.186 e. The summed E-state index contributed by atoms with van der Waals surface area (Å²) < 4.78 is 5.85. The Morgan fingerprint density at radius 3 is 2.36 bits per heavy atom. The third-order valence-electron chi connectivity index (χ3n) is 3.18. The van der Waals surface area contributed by atoms with Crippen LogP contribution in [0.3, 0.4) is 0 Å². The molecule has 1 aliphatic carbocycles. The first-order valence-corrected chi connectivity index (χ1v) is 9.23. The molecule has 83 valence electrons. The lowest BCUT2D eigenvalue weighted by Crippen LogP contribution is -2.30. The van der Waals surface area contributed by atoms with Gasteiger partial charge in [0.05, 0.1) is 0 Å². The van der Waals surface area contributed by atoms with Crippen molar-refractivity contribution in [3.05, 3.63) is 5.92 Å². The molecule has 0 aromatic heterocycles. The minimum atomic E-state index is -1.31. The average molecular weight is 213 g/mol. The summed E-state index contributed by atoms with van der Waals surface area (Å²) in [4.78, 5) is 0. The van der Waals surface area contributed by atoms with E-state index in [0.29, 0.717) is 0 Å². The molecule has 1 aliphatic rings. The molecule has 14 heavy (non-hydrogen) atoms. The molecule has 2 heteroatoms. The Morgan fingerprint density at radius 1 is 1.14 bits per heavy atom. The van der Waals surface area contributed by atoms with Crippen molar-refractivity contribution < 1.29 is 4.43 Å². The van der Waals surface area contributed by atoms with E-state index in [2.05, 4.69) is 20.0 Å². The van der Waals surface area contributed by atoms with Crippen molar-refractivity contribution in [2.45, 2.75) is 64.6 Å². The van der Waals surface area contributed by atoms with Gasteiger partial charge in [-0.05, 0) is 51.2 Å². The van der Waals surface area contributed by atoms with Crippen molar-refractivity contribution in [2.75, 3.05) is 6.61 Å². The maximum Gasteiger partial charge on any atom is 0.186 e. The standard InChI is InChI=1S/C12H25OSi/c1-4-13-14(2,3)11-10-12-8-6-5-7-9-12/h4-11H2,1-3H3. The predicted octanol–water partition coefficient (Wildman–Crippen LogP) is 4.16. The van der Waals surface area contributed by atoms with Crippen LogP contribution in [-0.4, -0.2) is 14.9 Å². The molecule has 0 aromatic carbocycles. The van der Waals surface area contributed by atoms with E-state index in [-0.39, 0.29) is 0 Å². The fourth-order valence-corrected chi connectivity index (χ4v) is 4.12. The molecule has 0 aromatic rings. The quantitative estimate of drug-likeness (QED) is 0.623.